The van der Waals surface area contributed by atoms with E-state index in [0.717, 1.165) is 12.3 Å². The van der Waals surface area contributed by atoms with E-state index in [2.05, 4.69) is 24.5 Å². The fourth-order valence-electron chi connectivity index (χ4n) is 1.34. The van der Waals surface area contributed by atoms with E-state index in [1.807, 2.05) is 30.3 Å². The highest BCUT2D eigenvalue weighted by molar-refractivity contribution is 5.77. The lowest BCUT2D eigenvalue weighted by Gasteiger charge is -2.09. The molecule has 18 heavy (non-hydrogen) atoms. The van der Waals surface area contributed by atoms with Crippen molar-refractivity contribution in [1.82, 2.24) is 10.6 Å². The van der Waals surface area contributed by atoms with Gasteiger partial charge in [-0.2, -0.15) is 0 Å². The predicted molar refractivity (Wildman–Crippen MR) is 72.7 cm³/mol. The van der Waals surface area contributed by atoms with Crippen LogP contribution < -0.4 is 15.4 Å². The van der Waals surface area contributed by atoms with Gasteiger partial charge in [-0.3, -0.25) is 4.79 Å². The summed E-state index contributed by atoms with van der Waals surface area (Å²) in [6, 6.07) is 9.64. The zero-order valence-electron chi connectivity index (χ0n) is 11.1. The van der Waals surface area contributed by atoms with Gasteiger partial charge < -0.3 is 15.4 Å². The fourth-order valence-corrected chi connectivity index (χ4v) is 1.34. The van der Waals surface area contributed by atoms with Crippen LogP contribution in [0, 0.1) is 5.92 Å². The predicted octanol–water partition coefficient (Wildman–Crippen LogP) is 1.43. The highest BCUT2D eigenvalue weighted by Crippen LogP contribution is 2.07. The highest BCUT2D eigenvalue weighted by Gasteiger charge is 2.01. The summed E-state index contributed by atoms with van der Waals surface area (Å²) < 4.78 is 5.49. The second-order valence-corrected chi connectivity index (χ2v) is 4.54. The Labute approximate surface area is 109 Å². The van der Waals surface area contributed by atoms with Gasteiger partial charge in [0.15, 0.2) is 0 Å². The SMILES string of the molecule is CC(C)CNC(=O)CNCCOc1ccccc1. The van der Waals surface area contributed by atoms with Crippen LogP contribution in [-0.4, -0.2) is 32.1 Å². The van der Waals surface area contributed by atoms with Crippen molar-refractivity contribution in [1.29, 1.82) is 0 Å². The van der Waals surface area contributed by atoms with Crippen molar-refractivity contribution in [3.8, 4) is 5.75 Å². The molecular formula is C14H22N2O2. The number of hydrogen-bond donors (Lipinski definition) is 2. The van der Waals surface area contributed by atoms with E-state index in [-0.39, 0.29) is 5.91 Å². The summed E-state index contributed by atoms with van der Waals surface area (Å²) in [4.78, 5) is 11.4. The van der Waals surface area contributed by atoms with E-state index in [9.17, 15) is 4.79 Å². The Morgan fingerprint density at radius 2 is 2.00 bits per heavy atom. The van der Waals surface area contributed by atoms with Crippen LogP contribution in [0.5, 0.6) is 5.75 Å². The summed E-state index contributed by atoms with van der Waals surface area (Å²) in [6.07, 6.45) is 0. The number of ether oxygens (including phenoxy) is 1. The first-order chi connectivity index (χ1) is 8.68. The molecule has 1 aromatic carbocycles. The van der Waals surface area contributed by atoms with Crippen LogP contribution in [-0.2, 0) is 4.79 Å². The van der Waals surface area contributed by atoms with Crippen LogP contribution >= 0.6 is 0 Å². The lowest BCUT2D eigenvalue weighted by atomic mass is 10.2. The second kappa shape index (κ2) is 8.53. The van der Waals surface area contributed by atoms with Crippen LogP contribution in [0.1, 0.15) is 13.8 Å². The molecule has 0 spiro atoms. The molecule has 1 aromatic rings. The Bertz CT molecular complexity index is 339. The van der Waals surface area contributed by atoms with Crippen molar-refractivity contribution in [2.45, 2.75) is 13.8 Å². The van der Waals surface area contributed by atoms with Gasteiger partial charge in [0.2, 0.25) is 5.91 Å². The van der Waals surface area contributed by atoms with Crippen molar-refractivity contribution in [2.24, 2.45) is 5.92 Å². The van der Waals surface area contributed by atoms with Gasteiger partial charge in [0, 0.05) is 13.1 Å². The van der Waals surface area contributed by atoms with E-state index < -0.39 is 0 Å². The van der Waals surface area contributed by atoms with Crippen molar-refractivity contribution in [3.05, 3.63) is 30.3 Å². The van der Waals surface area contributed by atoms with Gasteiger partial charge in [-0.05, 0) is 18.1 Å². The van der Waals surface area contributed by atoms with Gasteiger partial charge in [-0.25, -0.2) is 0 Å². The molecule has 0 aliphatic rings. The van der Waals surface area contributed by atoms with Gasteiger partial charge in [-0.1, -0.05) is 32.0 Å². The Morgan fingerprint density at radius 3 is 2.67 bits per heavy atom. The molecule has 0 aliphatic heterocycles. The lowest BCUT2D eigenvalue weighted by Crippen LogP contribution is -2.37. The first-order valence-electron chi connectivity index (χ1n) is 6.33. The third kappa shape index (κ3) is 6.91. The largest absolute Gasteiger partial charge is 0.492 e. The smallest absolute Gasteiger partial charge is 0.233 e. The molecule has 0 bridgehead atoms. The van der Waals surface area contributed by atoms with E-state index in [4.69, 9.17) is 4.74 Å². The Hall–Kier alpha value is -1.55. The third-order valence-corrected chi connectivity index (χ3v) is 2.28. The molecule has 0 aromatic heterocycles. The molecule has 4 heteroatoms. The van der Waals surface area contributed by atoms with Gasteiger partial charge in [-0.15, -0.1) is 0 Å². The molecule has 0 saturated heterocycles. The molecular weight excluding hydrogens is 228 g/mol. The number of nitrogens with one attached hydrogen (secondary N) is 2. The molecule has 1 amide bonds. The van der Waals surface area contributed by atoms with E-state index in [1.54, 1.807) is 0 Å². The Kier molecular flexibility index (Phi) is 6.87. The summed E-state index contributed by atoms with van der Waals surface area (Å²) >= 11 is 0. The molecule has 2 N–H and O–H groups in total. The first kappa shape index (κ1) is 14.5. The normalized spacial score (nSPS) is 10.4. The van der Waals surface area contributed by atoms with Crippen molar-refractivity contribution in [2.75, 3.05) is 26.2 Å². The van der Waals surface area contributed by atoms with Gasteiger partial charge in [0.05, 0.1) is 6.54 Å². The van der Waals surface area contributed by atoms with Crippen LogP contribution in [0.25, 0.3) is 0 Å². The highest BCUT2D eigenvalue weighted by atomic mass is 16.5. The van der Waals surface area contributed by atoms with Crippen molar-refractivity contribution in [3.63, 3.8) is 0 Å². The van der Waals surface area contributed by atoms with Gasteiger partial charge in [0.25, 0.3) is 0 Å². The summed E-state index contributed by atoms with van der Waals surface area (Å²) in [5, 5.41) is 5.89. The van der Waals surface area contributed by atoms with Crippen LogP contribution in [0.3, 0.4) is 0 Å². The van der Waals surface area contributed by atoms with Crippen LogP contribution in [0.4, 0.5) is 0 Å². The third-order valence-electron chi connectivity index (χ3n) is 2.28. The quantitative estimate of drug-likeness (QED) is 0.686. The molecule has 100 valence electrons. The number of rotatable bonds is 8. The maximum absolute atomic E-state index is 11.4. The Balaban J connectivity index is 2.00. The maximum Gasteiger partial charge on any atom is 0.233 e. The topological polar surface area (TPSA) is 50.4 Å². The molecule has 0 saturated carbocycles. The molecule has 0 unspecified atom stereocenters. The number of hydrogen-bond acceptors (Lipinski definition) is 3. The minimum atomic E-state index is 0.0309. The monoisotopic (exact) mass is 250 g/mol. The molecule has 0 radical (unpaired) electrons. The zero-order valence-corrected chi connectivity index (χ0v) is 11.1. The standard InChI is InChI=1S/C14H22N2O2/c1-12(2)10-16-14(17)11-15-8-9-18-13-6-4-3-5-7-13/h3-7,12,15H,8-11H2,1-2H3,(H,16,17). The average molecular weight is 250 g/mol. The molecule has 4 nitrogen and oxygen atoms in total. The van der Waals surface area contributed by atoms with Crippen LogP contribution in [0.2, 0.25) is 0 Å². The molecule has 1 rings (SSSR count). The maximum atomic E-state index is 11.4. The van der Waals surface area contributed by atoms with Crippen molar-refractivity contribution >= 4 is 5.91 Å². The Morgan fingerprint density at radius 1 is 1.28 bits per heavy atom. The summed E-state index contributed by atoms with van der Waals surface area (Å²) in [5.41, 5.74) is 0. The van der Waals surface area contributed by atoms with E-state index in [1.165, 1.54) is 0 Å². The van der Waals surface area contributed by atoms with Crippen molar-refractivity contribution < 1.29 is 9.53 Å². The van der Waals surface area contributed by atoms with Gasteiger partial charge in [0.1, 0.15) is 12.4 Å². The average Bonchev–Trinajstić information content (AvgIpc) is 2.37. The fraction of sp³-hybridized carbons (Fsp3) is 0.500. The molecule has 0 fully saturated rings. The van der Waals surface area contributed by atoms with Gasteiger partial charge >= 0.3 is 0 Å². The first-order valence-corrected chi connectivity index (χ1v) is 6.33. The zero-order chi connectivity index (χ0) is 13.2. The number of benzene rings is 1. The lowest BCUT2D eigenvalue weighted by molar-refractivity contribution is -0.120. The van der Waals surface area contributed by atoms with Crippen LogP contribution in [0.15, 0.2) is 30.3 Å². The number of carbonyl (C=O) groups excluding carboxylic acids is 1. The minimum absolute atomic E-state index is 0.0309. The summed E-state index contributed by atoms with van der Waals surface area (Å²) in [7, 11) is 0. The van der Waals surface area contributed by atoms with E-state index in [0.29, 0.717) is 25.6 Å². The number of carbonyl (C=O) groups is 1. The number of amides is 1. The molecule has 0 aliphatic carbocycles. The summed E-state index contributed by atoms with van der Waals surface area (Å²) in [6.45, 7) is 6.42. The van der Waals surface area contributed by atoms with E-state index >= 15 is 0 Å². The second-order valence-electron chi connectivity index (χ2n) is 4.54. The molecule has 0 atom stereocenters. The minimum Gasteiger partial charge on any atom is -0.492 e. The number of para-hydroxylation sites is 1. The molecule has 0 heterocycles. The summed E-state index contributed by atoms with van der Waals surface area (Å²) in [5.74, 6) is 1.36.